The molecule has 0 aromatic heterocycles. The minimum atomic E-state index is -0.709. The maximum absolute atomic E-state index is 11.8. The minimum absolute atomic E-state index is 0.101. The van der Waals surface area contributed by atoms with E-state index in [1.54, 1.807) is 42.5 Å². The molecule has 0 saturated heterocycles. The highest BCUT2D eigenvalue weighted by molar-refractivity contribution is 6.35. The number of carbonyl (C=O) groups is 3. The minimum Gasteiger partial charge on any atom is -0.455 e. The molecule has 0 heterocycles. The van der Waals surface area contributed by atoms with Crippen LogP contribution in [-0.2, 0) is 20.7 Å². The standard InChI is InChI=1S/C17H13Cl2NO4/c18-13-7-6-12(14(19)9-13)8-16(22)24-10-15(21)20-17(23)11-4-2-1-3-5-11/h1-7,9H,8,10H2,(H,20,21,23). The summed E-state index contributed by atoms with van der Waals surface area (Å²) in [6.07, 6.45) is -0.101. The summed E-state index contributed by atoms with van der Waals surface area (Å²) in [6.45, 7) is -0.553. The van der Waals surface area contributed by atoms with Gasteiger partial charge >= 0.3 is 5.97 Å². The molecular weight excluding hydrogens is 353 g/mol. The van der Waals surface area contributed by atoms with Crippen molar-refractivity contribution >= 4 is 41.0 Å². The Kier molecular flexibility index (Phi) is 6.35. The lowest BCUT2D eigenvalue weighted by atomic mass is 10.1. The zero-order valence-corrected chi connectivity index (χ0v) is 13.9. The normalized spacial score (nSPS) is 10.1. The number of hydrogen-bond donors (Lipinski definition) is 1. The third kappa shape index (κ3) is 5.37. The van der Waals surface area contributed by atoms with Crippen LogP contribution in [0.4, 0.5) is 0 Å². The van der Waals surface area contributed by atoms with Crippen LogP contribution in [0.25, 0.3) is 0 Å². The van der Waals surface area contributed by atoms with E-state index in [-0.39, 0.29) is 6.42 Å². The van der Waals surface area contributed by atoms with Crippen LogP contribution in [0.15, 0.2) is 48.5 Å². The Morgan fingerprint density at radius 1 is 1.00 bits per heavy atom. The van der Waals surface area contributed by atoms with Crippen LogP contribution in [0, 0.1) is 0 Å². The molecule has 0 fully saturated rings. The highest BCUT2D eigenvalue weighted by Crippen LogP contribution is 2.21. The van der Waals surface area contributed by atoms with Gasteiger partial charge in [-0.1, -0.05) is 47.5 Å². The number of esters is 1. The number of hydrogen-bond acceptors (Lipinski definition) is 4. The summed E-state index contributed by atoms with van der Waals surface area (Å²) in [5.41, 5.74) is 0.872. The van der Waals surface area contributed by atoms with E-state index in [0.29, 0.717) is 21.2 Å². The lowest BCUT2D eigenvalue weighted by molar-refractivity contribution is -0.147. The molecule has 0 aliphatic carbocycles. The first kappa shape index (κ1) is 18.0. The van der Waals surface area contributed by atoms with Crippen LogP contribution in [0.2, 0.25) is 10.0 Å². The number of carbonyl (C=O) groups excluding carboxylic acids is 3. The first-order valence-corrected chi connectivity index (χ1v) is 7.70. The second-order valence-electron chi connectivity index (χ2n) is 4.82. The van der Waals surface area contributed by atoms with E-state index in [9.17, 15) is 14.4 Å². The predicted molar refractivity (Wildman–Crippen MR) is 90.0 cm³/mol. The first-order chi connectivity index (χ1) is 11.5. The molecule has 7 heteroatoms. The van der Waals surface area contributed by atoms with Crippen molar-refractivity contribution in [3.63, 3.8) is 0 Å². The van der Waals surface area contributed by atoms with Gasteiger partial charge in [0, 0.05) is 15.6 Å². The first-order valence-electron chi connectivity index (χ1n) is 6.94. The van der Waals surface area contributed by atoms with E-state index in [1.165, 1.54) is 6.07 Å². The van der Waals surface area contributed by atoms with Crippen molar-refractivity contribution in [3.8, 4) is 0 Å². The maximum Gasteiger partial charge on any atom is 0.310 e. The molecule has 124 valence electrons. The van der Waals surface area contributed by atoms with E-state index in [0.717, 1.165) is 0 Å². The lowest BCUT2D eigenvalue weighted by Crippen LogP contribution is -2.34. The average Bonchev–Trinajstić information content (AvgIpc) is 2.56. The summed E-state index contributed by atoms with van der Waals surface area (Å²) < 4.78 is 4.83. The molecule has 2 aromatic rings. The van der Waals surface area contributed by atoms with Gasteiger partial charge in [-0.3, -0.25) is 19.7 Å². The molecule has 5 nitrogen and oxygen atoms in total. The van der Waals surface area contributed by atoms with Gasteiger partial charge in [-0.2, -0.15) is 0 Å². The molecule has 0 aliphatic rings. The molecular formula is C17H13Cl2NO4. The van der Waals surface area contributed by atoms with Gasteiger partial charge in [0.05, 0.1) is 6.42 Å². The van der Waals surface area contributed by atoms with Crippen molar-refractivity contribution in [2.24, 2.45) is 0 Å². The number of imide groups is 1. The summed E-state index contributed by atoms with van der Waals surface area (Å²) in [5.74, 6) is -1.90. The number of rotatable bonds is 5. The largest absolute Gasteiger partial charge is 0.455 e. The van der Waals surface area contributed by atoms with E-state index >= 15 is 0 Å². The molecule has 2 aromatic carbocycles. The number of ether oxygens (including phenoxy) is 1. The SMILES string of the molecule is O=C(COC(=O)Cc1ccc(Cl)cc1Cl)NC(=O)c1ccccc1. The van der Waals surface area contributed by atoms with Crippen LogP contribution >= 0.6 is 23.2 Å². The third-order valence-corrected chi connectivity index (χ3v) is 3.59. The van der Waals surface area contributed by atoms with Crippen LogP contribution in [0.3, 0.4) is 0 Å². The van der Waals surface area contributed by atoms with Gasteiger partial charge in [0.2, 0.25) is 0 Å². The highest BCUT2D eigenvalue weighted by Gasteiger charge is 2.13. The zero-order valence-electron chi connectivity index (χ0n) is 12.4. The fourth-order valence-corrected chi connectivity index (χ4v) is 2.32. The molecule has 24 heavy (non-hydrogen) atoms. The van der Waals surface area contributed by atoms with Crippen LogP contribution in [0.1, 0.15) is 15.9 Å². The Morgan fingerprint density at radius 3 is 2.38 bits per heavy atom. The van der Waals surface area contributed by atoms with Crippen LogP contribution < -0.4 is 5.32 Å². The Bertz CT molecular complexity index is 762. The summed E-state index contributed by atoms with van der Waals surface area (Å²) in [5, 5.41) is 2.93. The fourth-order valence-electron chi connectivity index (χ4n) is 1.84. The molecule has 2 rings (SSSR count). The molecule has 0 bridgehead atoms. The number of halogens is 2. The van der Waals surface area contributed by atoms with Crippen molar-refractivity contribution in [2.75, 3.05) is 6.61 Å². The summed E-state index contributed by atoms with van der Waals surface area (Å²) in [7, 11) is 0. The molecule has 0 atom stereocenters. The van der Waals surface area contributed by atoms with Crippen molar-refractivity contribution in [2.45, 2.75) is 6.42 Å². The second kappa shape index (κ2) is 8.47. The number of amides is 2. The Hall–Kier alpha value is -2.37. The zero-order chi connectivity index (χ0) is 17.5. The summed E-state index contributed by atoms with van der Waals surface area (Å²) in [4.78, 5) is 35.1. The monoisotopic (exact) mass is 365 g/mol. The van der Waals surface area contributed by atoms with E-state index in [4.69, 9.17) is 27.9 Å². The highest BCUT2D eigenvalue weighted by atomic mass is 35.5. The van der Waals surface area contributed by atoms with Crippen LogP contribution in [-0.4, -0.2) is 24.4 Å². The molecule has 0 aliphatic heterocycles. The molecule has 0 unspecified atom stereocenters. The van der Waals surface area contributed by atoms with Gasteiger partial charge < -0.3 is 4.74 Å². The molecule has 0 radical (unpaired) electrons. The van der Waals surface area contributed by atoms with Crippen molar-refractivity contribution < 1.29 is 19.1 Å². The van der Waals surface area contributed by atoms with Gasteiger partial charge in [-0.25, -0.2) is 0 Å². The van der Waals surface area contributed by atoms with Gasteiger partial charge in [-0.15, -0.1) is 0 Å². The predicted octanol–water partition coefficient (Wildman–Crippen LogP) is 3.04. The average molecular weight is 366 g/mol. The Morgan fingerprint density at radius 2 is 1.71 bits per heavy atom. The van der Waals surface area contributed by atoms with Crippen molar-refractivity contribution in [3.05, 3.63) is 69.7 Å². The number of nitrogens with one attached hydrogen (secondary N) is 1. The maximum atomic E-state index is 11.8. The van der Waals surface area contributed by atoms with E-state index < -0.39 is 24.4 Å². The molecule has 2 amide bonds. The van der Waals surface area contributed by atoms with Gasteiger partial charge in [0.1, 0.15) is 0 Å². The second-order valence-corrected chi connectivity index (χ2v) is 5.66. The fraction of sp³-hybridized carbons (Fsp3) is 0.118. The smallest absolute Gasteiger partial charge is 0.310 e. The van der Waals surface area contributed by atoms with Gasteiger partial charge in [-0.05, 0) is 29.8 Å². The Labute approximate surface area is 148 Å². The molecule has 0 saturated carbocycles. The van der Waals surface area contributed by atoms with Crippen molar-refractivity contribution in [1.82, 2.24) is 5.32 Å². The van der Waals surface area contributed by atoms with Gasteiger partial charge in [0.15, 0.2) is 6.61 Å². The topological polar surface area (TPSA) is 72.5 Å². The Balaban J connectivity index is 1.81. The summed E-state index contributed by atoms with van der Waals surface area (Å²) >= 11 is 11.7. The summed E-state index contributed by atoms with van der Waals surface area (Å²) in [6, 6.07) is 12.9. The lowest BCUT2D eigenvalue weighted by Gasteiger charge is -2.07. The van der Waals surface area contributed by atoms with Gasteiger partial charge in [0.25, 0.3) is 11.8 Å². The number of benzene rings is 2. The quantitative estimate of drug-likeness (QED) is 0.826. The van der Waals surface area contributed by atoms with Crippen LogP contribution in [0.5, 0.6) is 0 Å². The van der Waals surface area contributed by atoms with E-state index in [1.807, 2.05) is 0 Å². The molecule has 0 spiro atoms. The van der Waals surface area contributed by atoms with Crippen molar-refractivity contribution in [1.29, 1.82) is 0 Å². The molecule has 1 N–H and O–H groups in total. The van der Waals surface area contributed by atoms with E-state index in [2.05, 4.69) is 5.32 Å². The third-order valence-electron chi connectivity index (χ3n) is 3.00.